The molecule has 0 aliphatic carbocycles. The second-order valence-corrected chi connectivity index (χ2v) is 4.93. The Morgan fingerprint density at radius 2 is 1.38 bits per heavy atom. The molecule has 0 spiro atoms. The Bertz CT molecular complexity index is 585. The molecule has 5 heteroatoms. The minimum Gasteiger partial charge on any atom is -0.668 e. The Hall–Kier alpha value is -1.46. The molecule has 0 heterocycles. The molecule has 128 valence electrons. The third kappa shape index (κ3) is 9.63. The van der Waals surface area contributed by atoms with Gasteiger partial charge in [0.25, 0.3) is 0 Å². The number of hydrogen-bond acceptors (Lipinski definition) is 2. The predicted molar refractivity (Wildman–Crippen MR) is 102 cm³/mol. The van der Waals surface area contributed by atoms with Crippen LogP contribution in [0, 0.1) is 13.8 Å². The van der Waals surface area contributed by atoms with Crippen LogP contribution < -0.4 is 0 Å². The molecule has 0 radical (unpaired) electrons. The van der Waals surface area contributed by atoms with Crippen molar-refractivity contribution in [2.45, 2.75) is 13.8 Å². The van der Waals surface area contributed by atoms with Crippen LogP contribution in [0.25, 0.3) is 10.6 Å². The molecule has 0 aromatic heterocycles. The van der Waals surface area contributed by atoms with Crippen molar-refractivity contribution in [1.82, 2.24) is 0 Å². The van der Waals surface area contributed by atoms with Gasteiger partial charge in [0.15, 0.2) is 0 Å². The second-order valence-electron chi connectivity index (χ2n) is 4.93. The van der Waals surface area contributed by atoms with Gasteiger partial charge < -0.3 is 15.7 Å². The molecular formula is C19H27N3OTi. The molecule has 0 atom stereocenters. The third-order valence-corrected chi connectivity index (χ3v) is 2.84. The van der Waals surface area contributed by atoms with Crippen LogP contribution in [0.2, 0.25) is 0 Å². The summed E-state index contributed by atoms with van der Waals surface area (Å²) >= 11 is 0. The predicted octanol–water partition coefficient (Wildman–Crippen LogP) is 5.00. The molecule has 0 saturated heterocycles. The maximum atomic E-state index is 9.97. The van der Waals surface area contributed by atoms with E-state index in [1.165, 1.54) is 0 Å². The first-order chi connectivity index (χ1) is 11.0. The normalized spacial score (nSPS) is 9.25. The average molecular weight is 361 g/mol. The second kappa shape index (κ2) is 15.1. The van der Waals surface area contributed by atoms with Gasteiger partial charge >= 0.3 is 21.7 Å². The van der Waals surface area contributed by atoms with Gasteiger partial charge in [-0.15, -0.1) is 0 Å². The number of aromatic hydroxyl groups is 1. The summed E-state index contributed by atoms with van der Waals surface area (Å²) in [5, 5.41) is 17.0. The molecule has 2 aromatic carbocycles. The fourth-order valence-electron chi connectivity index (χ4n) is 1.58. The number of benzene rings is 2. The van der Waals surface area contributed by atoms with Crippen molar-refractivity contribution in [2.75, 3.05) is 28.2 Å². The van der Waals surface area contributed by atoms with E-state index in [0.717, 1.165) is 22.4 Å². The summed E-state index contributed by atoms with van der Waals surface area (Å²) in [6, 6.07) is 13.5. The number of phenolic OH excluding ortho intramolecular Hbond substituents is 1. The smallest absolute Gasteiger partial charge is 0.668 e. The Balaban J connectivity index is 0. The van der Waals surface area contributed by atoms with Crippen molar-refractivity contribution in [3.05, 3.63) is 69.8 Å². The van der Waals surface area contributed by atoms with E-state index < -0.39 is 0 Å². The van der Waals surface area contributed by atoms with Crippen molar-refractivity contribution in [1.29, 1.82) is 0 Å². The molecule has 0 unspecified atom stereocenters. The molecule has 2 rings (SSSR count). The van der Waals surface area contributed by atoms with Crippen molar-refractivity contribution < 1.29 is 26.8 Å². The maximum absolute atomic E-state index is 9.97. The van der Waals surface area contributed by atoms with E-state index in [2.05, 4.69) is 15.6 Å². The first-order valence-electron chi connectivity index (χ1n) is 7.35. The fourth-order valence-corrected chi connectivity index (χ4v) is 1.58. The Kier molecular flexibility index (Phi) is 15.6. The van der Waals surface area contributed by atoms with Gasteiger partial charge in [0, 0.05) is 11.8 Å². The van der Waals surface area contributed by atoms with Gasteiger partial charge in [-0.2, -0.15) is 28.2 Å². The van der Waals surface area contributed by atoms with Gasteiger partial charge in [0.05, 0.1) is 5.69 Å². The molecule has 2 aromatic rings. The van der Waals surface area contributed by atoms with Crippen LogP contribution in [0.4, 0.5) is 5.69 Å². The van der Waals surface area contributed by atoms with Gasteiger partial charge in [0.2, 0.25) is 0 Å². The molecular weight excluding hydrogens is 334 g/mol. The van der Waals surface area contributed by atoms with Crippen molar-refractivity contribution in [2.24, 2.45) is 4.99 Å². The first kappa shape index (κ1) is 24.8. The van der Waals surface area contributed by atoms with Gasteiger partial charge in [-0.1, -0.05) is 24.3 Å². The summed E-state index contributed by atoms with van der Waals surface area (Å²) in [6.45, 7) is 3.89. The minimum absolute atomic E-state index is 0. The molecule has 0 aliphatic rings. The average Bonchev–Trinajstić information content (AvgIpc) is 2.54. The minimum atomic E-state index is 0. The van der Waals surface area contributed by atoms with E-state index in [-0.39, 0.29) is 21.7 Å². The third-order valence-electron chi connectivity index (χ3n) is 2.84. The molecule has 0 bridgehead atoms. The number of rotatable bonds is 2. The van der Waals surface area contributed by atoms with Gasteiger partial charge in [-0.3, -0.25) is 4.99 Å². The number of para-hydroxylation sites is 1. The van der Waals surface area contributed by atoms with E-state index in [4.69, 9.17) is 0 Å². The SMILES string of the molecule is C[N-]C.C[N-]C.Cc1ccc(C=Nc2ccccc2)c(O)c1C.[Ti+2]. The quantitative estimate of drug-likeness (QED) is 0.594. The van der Waals surface area contributed by atoms with E-state index in [1.54, 1.807) is 34.4 Å². The van der Waals surface area contributed by atoms with Crippen LogP contribution in [-0.4, -0.2) is 39.5 Å². The van der Waals surface area contributed by atoms with E-state index in [1.807, 2.05) is 56.3 Å². The zero-order chi connectivity index (χ0) is 17.7. The van der Waals surface area contributed by atoms with E-state index in [9.17, 15) is 5.11 Å². The Morgan fingerprint density at radius 1 is 0.875 bits per heavy atom. The summed E-state index contributed by atoms with van der Waals surface area (Å²) in [5.74, 6) is 0.310. The maximum Gasteiger partial charge on any atom is 2.00 e. The number of hydrogen-bond donors (Lipinski definition) is 1. The fraction of sp³-hybridized carbons (Fsp3) is 0.316. The topological polar surface area (TPSA) is 60.8 Å². The standard InChI is InChI=1S/C15H15NO.2C2H6N.Ti/c1-11-8-9-13(15(17)12(11)2)10-16-14-6-4-3-5-7-14;2*1-3-2;/h3-10,17H,1-2H3;2*1-2H3;/q;2*-1;+2. The van der Waals surface area contributed by atoms with Crippen molar-refractivity contribution in [3.63, 3.8) is 0 Å². The van der Waals surface area contributed by atoms with Crippen LogP contribution in [0.3, 0.4) is 0 Å². The first-order valence-corrected chi connectivity index (χ1v) is 7.35. The Morgan fingerprint density at radius 3 is 1.88 bits per heavy atom. The summed E-state index contributed by atoms with van der Waals surface area (Å²) in [4.78, 5) is 4.32. The van der Waals surface area contributed by atoms with Crippen LogP contribution in [0.1, 0.15) is 16.7 Å². The molecule has 0 aliphatic heterocycles. The molecule has 0 fully saturated rings. The van der Waals surface area contributed by atoms with Crippen molar-refractivity contribution >= 4 is 11.9 Å². The summed E-state index contributed by atoms with van der Waals surface area (Å²) in [5.41, 5.74) is 3.61. The molecule has 0 saturated carbocycles. The van der Waals surface area contributed by atoms with Gasteiger partial charge in [-0.25, -0.2) is 0 Å². The van der Waals surface area contributed by atoms with Crippen LogP contribution in [0.5, 0.6) is 5.75 Å². The zero-order valence-electron chi connectivity index (χ0n) is 15.4. The summed E-state index contributed by atoms with van der Waals surface area (Å²) in [6.07, 6.45) is 1.69. The monoisotopic (exact) mass is 361 g/mol. The summed E-state index contributed by atoms with van der Waals surface area (Å²) < 4.78 is 0. The van der Waals surface area contributed by atoms with Gasteiger partial charge in [-0.05, 0) is 43.2 Å². The number of aliphatic imine (C=N–C) groups is 1. The number of aryl methyl sites for hydroxylation is 1. The summed E-state index contributed by atoms with van der Waals surface area (Å²) in [7, 11) is 7.00. The molecule has 0 amide bonds. The largest absolute Gasteiger partial charge is 2.00 e. The Labute approximate surface area is 161 Å². The van der Waals surface area contributed by atoms with E-state index in [0.29, 0.717) is 5.75 Å². The van der Waals surface area contributed by atoms with E-state index >= 15 is 0 Å². The van der Waals surface area contributed by atoms with Crippen LogP contribution in [0.15, 0.2) is 47.5 Å². The molecule has 1 N–H and O–H groups in total. The van der Waals surface area contributed by atoms with Crippen molar-refractivity contribution in [3.8, 4) is 5.75 Å². The molecule has 4 nitrogen and oxygen atoms in total. The van der Waals surface area contributed by atoms with Crippen LogP contribution >= 0.6 is 0 Å². The number of phenols is 1. The van der Waals surface area contributed by atoms with Gasteiger partial charge in [0.1, 0.15) is 5.75 Å². The van der Waals surface area contributed by atoms with Crippen LogP contribution in [-0.2, 0) is 21.7 Å². The molecule has 24 heavy (non-hydrogen) atoms. The zero-order valence-corrected chi connectivity index (χ0v) is 17.0. The number of nitrogens with zero attached hydrogens (tertiary/aromatic N) is 3.